The van der Waals surface area contributed by atoms with Crippen LogP contribution < -0.4 is 15.8 Å². The zero-order valence-corrected chi connectivity index (χ0v) is 10.9. The molecule has 0 aromatic carbocycles. The van der Waals surface area contributed by atoms with E-state index in [2.05, 4.69) is 10.6 Å². The molecule has 0 atom stereocenters. The molecule has 16 heavy (non-hydrogen) atoms. The predicted molar refractivity (Wildman–Crippen MR) is 63.4 cm³/mol. The quantitative estimate of drug-likeness (QED) is 0.536. The first-order chi connectivity index (χ1) is 7.10. The molecule has 0 heterocycles. The van der Waals surface area contributed by atoms with Gasteiger partial charge in [0.2, 0.25) is 15.9 Å². The molecule has 0 aliphatic carbocycles. The molecule has 4 N–H and O–H groups in total. The van der Waals surface area contributed by atoms with E-state index in [0.29, 0.717) is 13.0 Å². The molecule has 0 bridgehead atoms. The first-order valence-corrected chi connectivity index (χ1v) is 6.84. The van der Waals surface area contributed by atoms with Gasteiger partial charge in [0.05, 0.1) is 12.3 Å². The normalized spacial score (nSPS) is 12.5. The molecular formula is C9H21N3O3S. The minimum absolute atomic E-state index is 0.111. The topological polar surface area (TPSA) is 101 Å². The van der Waals surface area contributed by atoms with Gasteiger partial charge in [-0.25, -0.2) is 13.6 Å². The molecule has 0 radical (unpaired) electrons. The second-order valence-electron chi connectivity index (χ2n) is 4.67. The number of nitrogens with two attached hydrogens (primary N) is 1. The number of primary sulfonamides is 1. The van der Waals surface area contributed by atoms with Gasteiger partial charge in [0.15, 0.2) is 0 Å². The summed E-state index contributed by atoms with van der Waals surface area (Å²) in [6.07, 6.45) is 0.333. The summed E-state index contributed by atoms with van der Waals surface area (Å²) in [7, 11) is -3.42. The van der Waals surface area contributed by atoms with Crippen molar-refractivity contribution in [2.75, 3.05) is 18.8 Å². The third kappa shape index (κ3) is 11.4. The number of rotatable bonds is 6. The molecule has 0 rings (SSSR count). The Hall–Kier alpha value is -0.660. The highest BCUT2D eigenvalue weighted by Crippen LogP contribution is 1.96. The maximum Gasteiger partial charge on any atom is 0.233 e. The second kappa shape index (κ2) is 6.17. The Bertz CT molecular complexity index is 319. The zero-order chi connectivity index (χ0) is 12.8. The van der Waals surface area contributed by atoms with Gasteiger partial charge in [0.1, 0.15) is 0 Å². The van der Waals surface area contributed by atoms with Crippen LogP contribution in [0.4, 0.5) is 0 Å². The standard InChI is InChI=1S/C9H21N3O3S/c1-9(2,3)12-7-8(13)11-5-4-6-16(10,14)15/h12H,4-7H2,1-3H3,(H,11,13)(H2,10,14,15). The monoisotopic (exact) mass is 251 g/mol. The summed E-state index contributed by atoms with van der Waals surface area (Å²) in [5.74, 6) is -0.260. The lowest BCUT2D eigenvalue weighted by Crippen LogP contribution is -2.43. The minimum atomic E-state index is -3.42. The van der Waals surface area contributed by atoms with Crippen molar-refractivity contribution in [1.82, 2.24) is 10.6 Å². The fraction of sp³-hybridized carbons (Fsp3) is 0.889. The summed E-state index contributed by atoms with van der Waals surface area (Å²) in [5.41, 5.74) is -0.113. The van der Waals surface area contributed by atoms with Gasteiger partial charge in [0.25, 0.3) is 0 Å². The highest BCUT2D eigenvalue weighted by molar-refractivity contribution is 7.89. The Morgan fingerprint density at radius 3 is 2.31 bits per heavy atom. The van der Waals surface area contributed by atoms with E-state index in [-0.39, 0.29) is 23.7 Å². The van der Waals surface area contributed by atoms with Gasteiger partial charge in [-0.3, -0.25) is 4.79 Å². The molecule has 1 amide bonds. The molecular weight excluding hydrogens is 230 g/mol. The lowest BCUT2D eigenvalue weighted by molar-refractivity contribution is -0.120. The maximum atomic E-state index is 11.3. The van der Waals surface area contributed by atoms with Crippen molar-refractivity contribution < 1.29 is 13.2 Å². The molecule has 0 aliphatic rings. The van der Waals surface area contributed by atoms with Crippen LogP contribution in [0.15, 0.2) is 0 Å². The maximum absolute atomic E-state index is 11.3. The molecule has 0 saturated heterocycles. The molecule has 0 unspecified atom stereocenters. The first-order valence-electron chi connectivity index (χ1n) is 5.12. The molecule has 0 spiro atoms. The van der Waals surface area contributed by atoms with Crippen molar-refractivity contribution in [1.29, 1.82) is 0 Å². The molecule has 0 aromatic rings. The van der Waals surface area contributed by atoms with Crippen LogP contribution in [0.5, 0.6) is 0 Å². The molecule has 0 fully saturated rings. The van der Waals surface area contributed by atoms with Crippen LogP contribution in [0.3, 0.4) is 0 Å². The average Bonchev–Trinajstić information content (AvgIpc) is 2.06. The van der Waals surface area contributed by atoms with E-state index in [1.165, 1.54) is 0 Å². The van der Waals surface area contributed by atoms with Crippen LogP contribution in [0.1, 0.15) is 27.2 Å². The Balaban J connectivity index is 3.60. The fourth-order valence-electron chi connectivity index (χ4n) is 0.909. The van der Waals surface area contributed by atoms with Crippen molar-refractivity contribution in [3.63, 3.8) is 0 Å². The summed E-state index contributed by atoms with van der Waals surface area (Å²) in [5, 5.41) is 10.4. The van der Waals surface area contributed by atoms with Crippen LogP contribution in [0.2, 0.25) is 0 Å². The van der Waals surface area contributed by atoms with Crippen molar-refractivity contribution in [3.8, 4) is 0 Å². The fourth-order valence-corrected chi connectivity index (χ4v) is 1.46. The zero-order valence-electron chi connectivity index (χ0n) is 10.0. The number of hydrogen-bond acceptors (Lipinski definition) is 4. The summed E-state index contributed by atoms with van der Waals surface area (Å²) in [6.45, 7) is 6.42. The smallest absolute Gasteiger partial charge is 0.233 e. The lowest BCUT2D eigenvalue weighted by Gasteiger charge is -2.19. The molecule has 6 nitrogen and oxygen atoms in total. The molecule has 7 heteroatoms. The van der Waals surface area contributed by atoms with E-state index < -0.39 is 10.0 Å². The molecule has 0 saturated carbocycles. The summed E-state index contributed by atoms with van der Waals surface area (Å²) < 4.78 is 21.2. The van der Waals surface area contributed by atoms with Crippen LogP contribution in [0, 0.1) is 0 Å². The minimum Gasteiger partial charge on any atom is -0.355 e. The SMILES string of the molecule is CC(C)(C)NCC(=O)NCCCS(N)(=O)=O. The van der Waals surface area contributed by atoms with Crippen molar-refractivity contribution >= 4 is 15.9 Å². The Morgan fingerprint density at radius 1 is 1.31 bits per heavy atom. The van der Waals surface area contributed by atoms with Crippen molar-refractivity contribution in [3.05, 3.63) is 0 Å². The third-order valence-corrected chi connectivity index (χ3v) is 2.56. The van der Waals surface area contributed by atoms with E-state index in [9.17, 15) is 13.2 Å². The van der Waals surface area contributed by atoms with E-state index >= 15 is 0 Å². The number of carbonyl (C=O) groups is 1. The van der Waals surface area contributed by atoms with Gasteiger partial charge in [0, 0.05) is 12.1 Å². The average molecular weight is 251 g/mol. The van der Waals surface area contributed by atoms with Gasteiger partial charge in [-0.2, -0.15) is 0 Å². The second-order valence-corrected chi connectivity index (χ2v) is 6.41. The van der Waals surface area contributed by atoms with Crippen molar-refractivity contribution in [2.24, 2.45) is 5.14 Å². The van der Waals surface area contributed by atoms with Gasteiger partial charge < -0.3 is 10.6 Å². The largest absolute Gasteiger partial charge is 0.355 e. The Labute approximate surface area is 97.0 Å². The van der Waals surface area contributed by atoms with E-state index in [4.69, 9.17) is 5.14 Å². The van der Waals surface area contributed by atoms with Crippen molar-refractivity contribution in [2.45, 2.75) is 32.7 Å². The van der Waals surface area contributed by atoms with Crippen LogP contribution in [-0.2, 0) is 14.8 Å². The van der Waals surface area contributed by atoms with Crippen LogP contribution >= 0.6 is 0 Å². The number of carbonyl (C=O) groups excluding carboxylic acids is 1. The Morgan fingerprint density at radius 2 is 1.88 bits per heavy atom. The van der Waals surface area contributed by atoms with E-state index in [0.717, 1.165) is 0 Å². The number of sulfonamides is 1. The number of nitrogens with one attached hydrogen (secondary N) is 2. The van der Waals surface area contributed by atoms with Crippen LogP contribution in [0.25, 0.3) is 0 Å². The first kappa shape index (κ1) is 15.3. The van der Waals surface area contributed by atoms with Crippen LogP contribution in [-0.4, -0.2) is 38.7 Å². The van der Waals surface area contributed by atoms with Gasteiger partial charge in [-0.1, -0.05) is 0 Å². The van der Waals surface area contributed by atoms with Gasteiger partial charge in [-0.05, 0) is 27.2 Å². The van der Waals surface area contributed by atoms with Gasteiger partial charge >= 0.3 is 0 Å². The molecule has 0 aromatic heterocycles. The highest BCUT2D eigenvalue weighted by atomic mass is 32.2. The predicted octanol–water partition coefficient (Wildman–Crippen LogP) is -0.831. The highest BCUT2D eigenvalue weighted by Gasteiger charge is 2.10. The van der Waals surface area contributed by atoms with E-state index in [1.807, 2.05) is 20.8 Å². The summed E-state index contributed by atoms with van der Waals surface area (Å²) in [4.78, 5) is 11.3. The molecule has 96 valence electrons. The molecule has 0 aliphatic heterocycles. The van der Waals surface area contributed by atoms with E-state index in [1.54, 1.807) is 0 Å². The summed E-state index contributed by atoms with van der Waals surface area (Å²) >= 11 is 0. The van der Waals surface area contributed by atoms with Gasteiger partial charge in [-0.15, -0.1) is 0 Å². The Kier molecular flexibility index (Phi) is 5.91. The summed E-state index contributed by atoms with van der Waals surface area (Å²) in [6, 6.07) is 0. The lowest BCUT2D eigenvalue weighted by atomic mass is 10.1. The number of hydrogen-bond donors (Lipinski definition) is 3. The number of amides is 1. The third-order valence-electron chi connectivity index (χ3n) is 1.71.